The highest BCUT2D eigenvalue weighted by atomic mass is 16.6. The molecule has 0 aliphatic rings. The number of aliphatic carboxylic acids is 1. The average molecular weight is 298 g/mol. The van der Waals surface area contributed by atoms with Gasteiger partial charge in [-0.15, -0.1) is 0 Å². The van der Waals surface area contributed by atoms with Crippen molar-refractivity contribution in [2.24, 2.45) is 7.05 Å². The van der Waals surface area contributed by atoms with Crippen LogP contribution in [-0.2, 0) is 11.8 Å². The lowest BCUT2D eigenvalue weighted by Gasteiger charge is -2.30. The van der Waals surface area contributed by atoms with Crippen molar-refractivity contribution in [3.05, 3.63) is 22.0 Å². The second-order valence-corrected chi connectivity index (χ2v) is 4.81. The number of carbonyl (C=O) groups excluding carboxylic acids is 1. The SMILES string of the molecule is CCC(CC)(CC(=O)O)NC(=O)c1nn(C)cc1[N+](=O)[O-]. The zero-order valence-electron chi connectivity index (χ0n) is 12.1. The standard InChI is InChI=1S/C12H18N4O5/c1-4-12(5-2,6-9(17)18)13-11(19)10-8(16(20)21)7-15(3)14-10/h7H,4-6H2,1-3H3,(H,13,19)(H,17,18). The fraction of sp³-hybridized carbons (Fsp3) is 0.583. The number of carbonyl (C=O) groups is 2. The summed E-state index contributed by atoms with van der Waals surface area (Å²) in [5, 5.41) is 26.2. The summed E-state index contributed by atoms with van der Waals surface area (Å²) in [6, 6.07) is 0. The molecule has 0 unspecified atom stereocenters. The van der Waals surface area contributed by atoms with E-state index in [2.05, 4.69) is 10.4 Å². The van der Waals surface area contributed by atoms with Gasteiger partial charge in [0.25, 0.3) is 5.91 Å². The summed E-state index contributed by atoms with van der Waals surface area (Å²) in [4.78, 5) is 33.4. The lowest BCUT2D eigenvalue weighted by molar-refractivity contribution is -0.385. The fourth-order valence-corrected chi connectivity index (χ4v) is 2.08. The summed E-state index contributed by atoms with van der Waals surface area (Å²) in [5.41, 5.74) is -1.68. The fourth-order valence-electron chi connectivity index (χ4n) is 2.08. The molecule has 0 aliphatic carbocycles. The number of hydrogen-bond donors (Lipinski definition) is 2. The van der Waals surface area contributed by atoms with Gasteiger partial charge >= 0.3 is 11.7 Å². The van der Waals surface area contributed by atoms with Crippen LogP contribution >= 0.6 is 0 Å². The topological polar surface area (TPSA) is 127 Å². The van der Waals surface area contributed by atoms with E-state index in [1.165, 1.54) is 11.7 Å². The lowest BCUT2D eigenvalue weighted by Crippen LogP contribution is -2.49. The third-order valence-corrected chi connectivity index (χ3v) is 3.44. The minimum atomic E-state index is -1.05. The van der Waals surface area contributed by atoms with Crippen LogP contribution in [0, 0.1) is 10.1 Å². The molecule has 0 aromatic carbocycles. The number of carboxylic acids is 1. The molecule has 2 N–H and O–H groups in total. The Balaban J connectivity index is 3.08. The first-order valence-electron chi connectivity index (χ1n) is 6.47. The highest BCUT2D eigenvalue weighted by Gasteiger charge is 2.34. The van der Waals surface area contributed by atoms with Crippen molar-refractivity contribution < 1.29 is 19.6 Å². The van der Waals surface area contributed by atoms with E-state index < -0.39 is 28.0 Å². The summed E-state index contributed by atoms with van der Waals surface area (Å²) >= 11 is 0. The molecule has 0 bridgehead atoms. The molecule has 21 heavy (non-hydrogen) atoms. The summed E-state index contributed by atoms with van der Waals surface area (Å²) in [6.07, 6.45) is 1.66. The van der Waals surface area contributed by atoms with Crippen LogP contribution in [0.15, 0.2) is 6.20 Å². The highest BCUT2D eigenvalue weighted by molar-refractivity contribution is 5.96. The Morgan fingerprint density at radius 1 is 1.48 bits per heavy atom. The van der Waals surface area contributed by atoms with Gasteiger partial charge in [0, 0.05) is 7.05 Å². The molecule has 0 saturated carbocycles. The van der Waals surface area contributed by atoms with Crippen molar-refractivity contribution in [3.8, 4) is 0 Å². The smallest absolute Gasteiger partial charge is 0.320 e. The maximum Gasteiger partial charge on any atom is 0.320 e. The molecular weight excluding hydrogens is 280 g/mol. The molecule has 0 fully saturated rings. The van der Waals surface area contributed by atoms with Crippen LogP contribution in [0.5, 0.6) is 0 Å². The molecular formula is C12H18N4O5. The molecule has 1 aromatic rings. The number of amides is 1. The number of nitrogens with one attached hydrogen (secondary N) is 1. The second kappa shape index (κ2) is 6.33. The van der Waals surface area contributed by atoms with Gasteiger partial charge in [0.1, 0.15) is 6.20 Å². The molecule has 116 valence electrons. The quantitative estimate of drug-likeness (QED) is 0.573. The van der Waals surface area contributed by atoms with Crippen molar-refractivity contribution in [2.45, 2.75) is 38.6 Å². The van der Waals surface area contributed by atoms with Crippen LogP contribution in [0.3, 0.4) is 0 Å². The number of aryl methyl sites for hydroxylation is 1. The monoisotopic (exact) mass is 298 g/mol. The van der Waals surface area contributed by atoms with Crippen LogP contribution in [0.1, 0.15) is 43.6 Å². The molecule has 9 nitrogen and oxygen atoms in total. The predicted octanol–water partition coefficient (Wildman–Crippen LogP) is 1.09. The molecule has 0 aliphatic heterocycles. The minimum Gasteiger partial charge on any atom is -0.481 e. The summed E-state index contributed by atoms with van der Waals surface area (Å²) < 4.78 is 1.17. The van der Waals surface area contributed by atoms with Gasteiger partial charge in [-0.3, -0.25) is 24.4 Å². The van der Waals surface area contributed by atoms with E-state index in [1.807, 2.05) is 0 Å². The molecule has 1 rings (SSSR count). The summed E-state index contributed by atoms with van der Waals surface area (Å²) in [7, 11) is 1.47. The van der Waals surface area contributed by atoms with Crippen molar-refractivity contribution in [2.75, 3.05) is 0 Å². The van der Waals surface area contributed by atoms with Gasteiger partial charge in [0.2, 0.25) is 5.69 Å². The first-order valence-corrected chi connectivity index (χ1v) is 6.47. The molecule has 0 radical (unpaired) electrons. The van der Waals surface area contributed by atoms with Crippen molar-refractivity contribution >= 4 is 17.6 Å². The van der Waals surface area contributed by atoms with Gasteiger partial charge in [-0.1, -0.05) is 13.8 Å². The Hall–Kier alpha value is -2.45. The van der Waals surface area contributed by atoms with Gasteiger partial charge in [-0.2, -0.15) is 5.10 Å². The zero-order valence-corrected chi connectivity index (χ0v) is 12.1. The van der Waals surface area contributed by atoms with Gasteiger partial charge < -0.3 is 10.4 Å². The van der Waals surface area contributed by atoms with Gasteiger partial charge in [0.15, 0.2) is 0 Å². The Labute approximate surface area is 121 Å². The van der Waals surface area contributed by atoms with Crippen LogP contribution in [0.4, 0.5) is 5.69 Å². The molecule has 1 aromatic heterocycles. The van der Waals surface area contributed by atoms with Crippen molar-refractivity contribution in [1.29, 1.82) is 0 Å². The van der Waals surface area contributed by atoms with E-state index in [4.69, 9.17) is 5.11 Å². The van der Waals surface area contributed by atoms with E-state index in [1.54, 1.807) is 13.8 Å². The van der Waals surface area contributed by atoms with Crippen molar-refractivity contribution in [1.82, 2.24) is 15.1 Å². The average Bonchev–Trinajstić information content (AvgIpc) is 2.79. The highest BCUT2D eigenvalue weighted by Crippen LogP contribution is 2.22. The third kappa shape index (κ3) is 3.77. The maximum atomic E-state index is 12.2. The van der Waals surface area contributed by atoms with E-state index in [0.717, 1.165) is 6.20 Å². The Bertz CT molecular complexity index is 562. The number of nitrogens with zero attached hydrogens (tertiary/aromatic N) is 3. The number of carboxylic acid groups (broad SMARTS) is 1. The third-order valence-electron chi connectivity index (χ3n) is 3.44. The molecule has 0 saturated heterocycles. The molecule has 9 heteroatoms. The molecule has 1 amide bonds. The van der Waals surface area contributed by atoms with Crippen LogP contribution in [-0.4, -0.2) is 37.2 Å². The maximum absolute atomic E-state index is 12.2. The van der Waals surface area contributed by atoms with E-state index in [9.17, 15) is 19.7 Å². The number of aromatic nitrogens is 2. The van der Waals surface area contributed by atoms with Crippen LogP contribution in [0.2, 0.25) is 0 Å². The molecule has 0 spiro atoms. The first-order chi connectivity index (χ1) is 9.74. The molecule has 0 atom stereocenters. The van der Waals surface area contributed by atoms with Crippen LogP contribution in [0.25, 0.3) is 0 Å². The summed E-state index contributed by atoms with van der Waals surface area (Å²) in [6.45, 7) is 3.50. The van der Waals surface area contributed by atoms with Crippen LogP contribution < -0.4 is 5.32 Å². The number of hydrogen-bond acceptors (Lipinski definition) is 5. The van der Waals surface area contributed by atoms with Crippen molar-refractivity contribution in [3.63, 3.8) is 0 Å². The Morgan fingerprint density at radius 2 is 2.05 bits per heavy atom. The van der Waals surface area contributed by atoms with Gasteiger partial charge in [-0.05, 0) is 12.8 Å². The van der Waals surface area contributed by atoms with E-state index in [0.29, 0.717) is 12.8 Å². The zero-order chi connectivity index (χ0) is 16.2. The largest absolute Gasteiger partial charge is 0.481 e. The summed E-state index contributed by atoms with van der Waals surface area (Å²) in [5.74, 6) is -1.79. The second-order valence-electron chi connectivity index (χ2n) is 4.81. The predicted molar refractivity (Wildman–Crippen MR) is 72.9 cm³/mol. The van der Waals surface area contributed by atoms with Gasteiger partial charge in [-0.25, -0.2) is 0 Å². The first kappa shape index (κ1) is 16.6. The number of nitro groups is 1. The van der Waals surface area contributed by atoms with E-state index in [-0.39, 0.29) is 12.1 Å². The minimum absolute atomic E-state index is 0.258. The Morgan fingerprint density at radius 3 is 2.48 bits per heavy atom. The van der Waals surface area contributed by atoms with E-state index >= 15 is 0 Å². The lowest BCUT2D eigenvalue weighted by atomic mass is 9.89. The molecule has 1 heterocycles. The van der Waals surface area contributed by atoms with Gasteiger partial charge in [0.05, 0.1) is 16.9 Å². The number of rotatable bonds is 7. The Kier molecular flexibility index (Phi) is 5.01. The normalized spacial score (nSPS) is 11.2.